The molecule has 2 aliphatic rings. The van der Waals surface area contributed by atoms with Crippen molar-refractivity contribution < 1.29 is 13.2 Å². The number of fused-ring (bicyclic) bond motifs is 1. The summed E-state index contributed by atoms with van der Waals surface area (Å²) in [5.74, 6) is 0.486. The average molecular weight is 308 g/mol. The molecule has 2 unspecified atom stereocenters. The van der Waals surface area contributed by atoms with Crippen LogP contribution in [0.4, 0.5) is 5.69 Å². The van der Waals surface area contributed by atoms with E-state index in [2.05, 4.69) is 16.7 Å². The number of carbonyl (C=O) groups excluding carboxylic acids is 1. The Labute approximate surface area is 125 Å². The van der Waals surface area contributed by atoms with Crippen molar-refractivity contribution in [2.75, 3.05) is 23.4 Å². The summed E-state index contributed by atoms with van der Waals surface area (Å²) in [4.78, 5) is 12.2. The normalized spacial score (nSPS) is 26.7. The number of para-hydroxylation sites is 1. The monoisotopic (exact) mass is 308 g/mol. The van der Waals surface area contributed by atoms with Crippen molar-refractivity contribution in [3.8, 4) is 0 Å². The first-order valence-corrected chi connectivity index (χ1v) is 9.18. The molecular formula is C15H20N2O3S. The predicted molar refractivity (Wildman–Crippen MR) is 81.9 cm³/mol. The summed E-state index contributed by atoms with van der Waals surface area (Å²) in [5, 5.41) is 6.16. The zero-order valence-corrected chi connectivity index (χ0v) is 12.7. The fourth-order valence-corrected chi connectivity index (χ4v) is 4.90. The number of amides is 1. The van der Waals surface area contributed by atoms with Crippen molar-refractivity contribution in [2.24, 2.45) is 5.92 Å². The molecule has 2 atom stereocenters. The van der Waals surface area contributed by atoms with Crippen molar-refractivity contribution in [2.45, 2.75) is 25.3 Å². The average Bonchev–Trinajstić information content (AvgIpc) is 2.83. The van der Waals surface area contributed by atoms with Gasteiger partial charge >= 0.3 is 0 Å². The van der Waals surface area contributed by atoms with Crippen molar-refractivity contribution in [1.82, 2.24) is 5.32 Å². The zero-order chi connectivity index (χ0) is 14.9. The molecule has 6 heteroatoms. The molecule has 0 radical (unpaired) electrons. The minimum Gasteiger partial charge on any atom is -0.373 e. The summed E-state index contributed by atoms with van der Waals surface area (Å²) in [6.07, 6.45) is 2.31. The maximum Gasteiger partial charge on any atom is 0.242 e. The van der Waals surface area contributed by atoms with Gasteiger partial charge in [-0.05, 0) is 36.8 Å². The second-order valence-electron chi connectivity index (χ2n) is 5.91. The van der Waals surface area contributed by atoms with Crippen LogP contribution in [0.3, 0.4) is 0 Å². The molecule has 3 rings (SSSR count). The summed E-state index contributed by atoms with van der Waals surface area (Å²) in [6.45, 7) is 0.456. The van der Waals surface area contributed by atoms with Gasteiger partial charge in [-0.25, -0.2) is 8.42 Å². The Morgan fingerprint density at radius 2 is 2.10 bits per heavy atom. The highest BCUT2D eigenvalue weighted by Crippen LogP contribution is 2.24. The third kappa shape index (κ3) is 3.37. The van der Waals surface area contributed by atoms with Crippen molar-refractivity contribution in [3.63, 3.8) is 0 Å². The Morgan fingerprint density at radius 1 is 1.29 bits per heavy atom. The molecule has 0 saturated carbocycles. The lowest BCUT2D eigenvalue weighted by molar-refractivity contribution is -0.122. The standard InChI is InChI=1S/C15H20N2O3S/c18-15(16-9-11-7-8-21(19,20)10-11)14-6-5-12-3-1-2-4-13(12)17-14/h1-4,11,14,17H,5-10H2,(H,16,18). The number of anilines is 1. The van der Waals surface area contributed by atoms with Gasteiger partial charge in [0, 0.05) is 12.2 Å². The van der Waals surface area contributed by atoms with E-state index in [1.807, 2.05) is 18.2 Å². The van der Waals surface area contributed by atoms with Gasteiger partial charge in [-0.2, -0.15) is 0 Å². The minimum atomic E-state index is -2.88. The van der Waals surface area contributed by atoms with E-state index in [0.29, 0.717) is 13.0 Å². The molecule has 1 saturated heterocycles. The predicted octanol–water partition coefficient (Wildman–Crippen LogP) is 0.964. The molecule has 0 bridgehead atoms. The van der Waals surface area contributed by atoms with Crippen LogP contribution >= 0.6 is 0 Å². The Kier molecular flexibility index (Phi) is 3.89. The third-order valence-electron chi connectivity index (χ3n) is 4.26. The van der Waals surface area contributed by atoms with Gasteiger partial charge in [0.05, 0.1) is 11.5 Å². The fraction of sp³-hybridized carbons (Fsp3) is 0.533. The van der Waals surface area contributed by atoms with Gasteiger partial charge in [0.2, 0.25) is 5.91 Å². The van der Waals surface area contributed by atoms with Gasteiger partial charge in [0.1, 0.15) is 6.04 Å². The molecule has 0 aliphatic carbocycles. The van der Waals surface area contributed by atoms with Crippen LogP contribution in [0.5, 0.6) is 0 Å². The number of benzene rings is 1. The van der Waals surface area contributed by atoms with Gasteiger partial charge in [-0.15, -0.1) is 0 Å². The van der Waals surface area contributed by atoms with Crippen LogP contribution in [0, 0.1) is 5.92 Å². The number of carbonyl (C=O) groups is 1. The lowest BCUT2D eigenvalue weighted by Gasteiger charge is -2.26. The SMILES string of the molecule is O=C(NCC1CCS(=O)(=O)C1)C1CCc2ccccc2N1. The maximum absolute atomic E-state index is 12.2. The number of hydrogen-bond acceptors (Lipinski definition) is 4. The van der Waals surface area contributed by atoms with E-state index in [0.717, 1.165) is 18.5 Å². The van der Waals surface area contributed by atoms with Gasteiger partial charge < -0.3 is 10.6 Å². The van der Waals surface area contributed by atoms with E-state index >= 15 is 0 Å². The van der Waals surface area contributed by atoms with Crippen LogP contribution in [0.1, 0.15) is 18.4 Å². The minimum absolute atomic E-state index is 0.0335. The highest BCUT2D eigenvalue weighted by molar-refractivity contribution is 7.91. The zero-order valence-electron chi connectivity index (χ0n) is 11.8. The largest absolute Gasteiger partial charge is 0.373 e. The van der Waals surface area contributed by atoms with Crippen LogP contribution in [0.2, 0.25) is 0 Å². The smallest absolute Gasteiger partial charge is 0.242 e. The van der Waals surface area contributed by atoms with Crippen molar-refractivity contribution >= 4 is 21.4 Å². The first-order valence-electron chi connectivity index (χ1n) is 7.36. The van der Waals surface area contributed by atoms with Crippen LogP contribution < -0.4 is 10.6 Å². The Bertz CT molecular complexity index is 642. The second kappa shape index (κ2) is 5.67. The first-order chi connectivity index (χ1) is 10.0. The molecule has 1 fully saturated rings. The molecule has 21 heavy (non-hydrogen) atoms. The molecule has 0 aromatic heterocycles. The van der Waals surface area contributed by atoms with E-state index in [9.17, 15) is 13.2 Å². The molecule has 2 N–H and O–H groups in total. The molecule has 5 nitrogen and oxygen atoms in total. The highest BCUT2D eigenvalue weighted by atomic mass is 32.2. The first kappa shape index (κ1) is 14.4. The summed E-state index contributed by atoms with van der Waals surface area (Å²) in [7, 11) is -2.88. The van der Waals surface area contributed by atoms with E-state index in [-0.39, 0.29) is 29.4 Å². The van der Waals surface area contributed by atoms with E-state index < -0.39 is 9.84 Å². The van der Waals surface area contributed by atoms with E-state index in [1.165, 1.54) is 5.56 Å². The molecule has 114 valence electrons. The van der Waals surface area contributed by atoms with Crippen molar-refractivity contribution in [1.29, 1.82) is 0 Å². The second-order valence-corrected chi connectivity index (χ2v) is 8.14. The third-order valence-corrected chi connectivity index (χ3v) is 6.09. The number of nitrogens with one attached hydrogen (secondary N) is 2. The molecule has 2 aliphatic heterocycles. The van der Waals surface area contributed by atoms with Gasteiger partial charge in [0.15, 0.2) is 9.84 Å². The summed E-state index contributed by atoms with van der Waals surface area (Å²) in [6, 6.07) is 7.78. The van der Waals surface area contributed by atoms with Crippen LogP contribution in [0.15, 0.2) is 24.3 Å². The van der Waals surface area contributed by atoms with Crippen LogP contribution in [-0.2, 0) is 21.1 Å². The Hall–Kier alpha value is -1.56. The molecule has 2 heterocycles. The Balaban J connectivity index is 1.53. The van der Waals surface area contributed by atoms with E-state index in [4.69, 9.17) is 0 Å². The summed E-state index contributed by atoms with van der Waals surface area (Å²) in [5.41, 5.74) is 2.26. The van der Waals surface area contributed by atoms with Crippen molar-refractivity contribution in [3.05, 3.63) is 29.8 Å². The molecule has 0 spiro atoms. The molecule has 1 aromatic rings. The fourth-order valence-electron chi connectivity index (χ4n) is 3.04. The van der Waals surface area contributed by atoms with Crippen LogP contribution in [0.25, 0.3) is 0 Å². The number of hydrogen-bond donors (Lipinski definition) is 2. The highest BCUT2D eigenvalue weighted by Gasteiger charge is 2.29. The lowest BCUT2D eigenvalue weighted by atomic mass is 9.97. The number of rotatable bonds is 3. The lowest BCUT2D eigenvalue weighted by Crippen LogP contribution is -2.43. The summed E-state index contributed by atoms with van der Waals surface area (Å²) >= 11 is 0. The topological polar surface area (TPSA) is 75.3 Å². The van der Waals surface area contributed by atoms with Gasteiger partial charge in [0.25, 0.3) is 0 Å². The number of aryl methyl sites for hydroxylation is 1. The maximum atomic E-state index is 12.2. The number of sulfone groups is 1. The Morgan fingerprint density at radius 3 is 2.86 bits per heavy atom. The van der Waals surface area contributed by atoms with E-state index in [1.54, 1.807) is 0 Å². The molecule has 1 amide bonds. The van der Waals surface area contributed by atoms with Gasteiger partial charge in [-0.1, -0.05) is 18.2 Å². The van der Waals surface area contributed by atoms with Gasteiger partial charge in [-0.3, -0.25) is 4.79 Å². The quantitative estimate of drug-likeness (QED) is 0.872. The summed E-state index contributed by atoms with van der Waals surface area (Å²) < 4.78 is 22.8. The molecular weight excluding hydrogens is 288 g/mol. The molecule has 1 aromatic carbocycles. The van der Waals surface area contributed by atoms with Crippen LogP contribution in [-0.4, -0.2) is 38.4 Å².